The van der Waals surface area contributed by atoms with E-state index in [9.17, 15) is 0 Å². The van der Waals surface area contributed by atoms with Gasteiger partial charge in [0.25, 0.3) is 0 Å². The molecular formula is C8H18S2. The summed E-state index contributed by atoms with van der Waals surface area (Å²) in [7, 11) is 4.01. The monoisotopic (exact) mass is 178 g/mol. The summed E-state index contributed by atoms with van der Waals surface area (Å²) in [4.78, 5) is 0. The SMILES string of the molecule is CC(C)CSSCC(C)C. The molecule has 0 unspecified atom stereocenters. The lowest BCUT2D eigenvalue weighted by atomic mass is 10.3. The Morgan fingerprint density at radius 2 is 1.10 bits per heavy atom. The zero-order valence-electron chi connectivity index (χ0n) is 7.39. The molecule has 0 rings (SSSR count). The molecule has 0 fully saturated rings. The van der Waals surface area contributed by atoms with E-state index in [4.69, 9.17) is 0 Å². The van der Waals surface area contributed by atoms with Crippen LogP contribution in [-0.2, 0) is 0 Å². The first-order valence-corrected chi connectivity index (χ1v) is 6.36. The van der Waals surface area contributed by atoms with Gasteiger partial charge in [-0.2, -0.15) is 0 Å². The van der Waals surface area contributed by atoms with Gasteiger partial charge in [0, 0.05) is 11.5 Å². The predicted molar refractivity (Wildman–Crippen MR) is 54.6 cm³/mol. The van der Waals surface area contributed by atoms with Crippen LogP contribution in [-0.4, -0.2) is 11.5 Å². The van der Waals surface area contributed by atoms with E-state index in [0.29, 0.717) is 0 Å². The van der Waals surface area contributed by atoms with Gasteiger partial charge in [0.15, 0.2) is 0 Å². The third-order valence-electron chi connectivity index (χ3n) is 0.886. The van der Waals surface area contributed by atoms with Crippen molar-refractivity contribution >= 4 is 21.6 Å². The van der Waals surface area contributed by atoms with Crippen molar-refractivity contribution in [1.29, 1.82) is 0 Å². The topological polar surface area (TPSA) is 0 Å². The summed E-state index contributed by atoms with van der Waals surface area (Å²) in [5, 5.41) is 0. The third kappa shape index (κ3) is 8.70. The van der Waals surface area contributed by atoms with Gasteiger partial charge in [-0.05, 0) is 11.8 Å². The van der Waals surface area contributed by atoms with Crippen LogP contribution >= 0.6 is 21.6 Å². The standard InChI is InChI=1S/C8H18S2/c1-7(2)5-9-10-6-8(3)4/h7-8H,5-6H2,1-4H3. The molecule has 0 nitrogen and oxygen atoms in total. The fourth-order valence-corrected chi connectivity index (χ4v) is 3.32. The summed E-state index contributed by atoms with van der Waals surface area (Å²) < 4.78 is 0. The van der Waals surface area contributed by atoms with Gasteiger partial charge in [0.1, 0.15) is 0 Å². The van der Waals surface area contributed by atoms with Gasteiger partial charge >= 0.3 is 0 Å². The van der Waals surface area contributed by atoms with Crippen molar-refractivity contribution in [2.45, 2.75) is 27.7 Å². The van der Waals surface area contributed by atoms with Gasteiger partial charge in [-0.25, -0.2) is 0 Å². The van der Waals surface area contributed by atoms with E-state index in [0.717, 1.165) is 11.8 Å². The van der Waals surface area contributed by atoms with E-state index in [-0.39, 0.29) is 0 Å². The Morgan fingerprint density at radius 3 is 1.30 bits per heavy atom. The fourth-order valence-electron chi connectivity index (χ4n) is 0.368. The lowest BCUT2D eigenvalue weighted by molar-refractivity contribution is 0.749. The molecule has 0 aliphatic carbocycles. The van der Waals surface area contributed by atoms with Crippen molar-refractivity contribution in [3.8, 4) is 0 Å². The average molecular weight is 178 g/mol. The van der Waals surface area contributed by atoms with Crippen molar-refractivity contribution in [3.05, 3.63) is 0 Å². The molecule has 0 spiro atoms. The molecule has 0 amide bonds. The maximum atomic E-state index is 2.27. The van der Waals surface area contributed by atoms with E-state index in [2.05, 4.69) is 27.7 Å². The van der Waals surface area contributed by atoms with E-state index in [1.54, 1.807) is 0 Å². The molecule has 62 valence electrons. The molecule has 0 aromatic heterocycles. The summed E-state index contributed by atoms with van der Waals surface area (Å²) in [5.74, 6) is 4.25. The van der Waals surface area contributed by atoms with Gasteiger partial charge in [0.05, 0.1) is 0 Å². The Morgan fingerprint density at radius 1 is 0.800 bits per heavy atom. The van der Waals surface area contributed by atoms with Gasteiger partial charge in [0.2, 0.25) is 0 Å². The Hall–Kier alpha value is 0.700. The molecule has 0 heterocycles. The Balaban J connectivity index is 2.91. The van der Waals surface area contributed by atoms with Gasteiger partial charge in [-0.3, -0.25) is 0 Å². The van der Waals surface area contributed by atoms with Crippen LogP contribution < -0.4 is 0 Å². The first kappa shape index (κ1) is 10.7. The first-order chi connectivity index (χ1) is 4.63. The van der Waals surface area contributed by atoms with Crippen molar-refractivity contribution in [2.75, 3.05) is 11.5 Å². The third-order valence-corrected chi connectivity index (χ3v) is 3.97. The zero-order valence-corrected chi connectivity index (χ0v) is 9.02. The molecule has 0 radical (unpaired) electrons. The zero-order chi connectivity index (χ0) is 7.98. The molecule has 0 aromatic carbocycles. The van der Waals surface area contributed by atoms with Crippen molar-refractivity contribution in [1.82, 2.24) is 0 Å². The summed E-state index contributed by atoms with van der Waals surface area (Å²) in [5.41, 5.74) is 0. The van der Waals surface area contributed by atoms with Crippen molar-refractivity contribution in [2.24, 2.45) is 11.8 Å². The Kier molecular flexibility index (Phi) is 6.86. The smallest absolute Gasteiger partial charge is 0.00600 e. The second-order valence-corrected chi connectivity index (χ2v) is 5.91. The Labute approximate surface area is 72.9 Å². The van der Waals surface area contributed by atoms with E-state index in [1.807, 2.05) is 21.6 Å². The van der Waals surface area contributed by atoms with E-state index >= 15 is 0 Å². The lowest BCUT2D eigenvalue weighted by Gasteiger charge is -2.04. The van der Waals surface area contributed by atoms with E-state index < -0.39 is 0 Å². The maximum Gasteiger partial charge on any atom is 0.00600 e. The summed E-state index contributed by atoms with van der Waals surface area (Å²) >= 11 is 0. The molecule has 10 heavy (non-hydrogen) atoms. The van der Waals surface area contributed by atoms with Gasteiger partial charge < -0.3 is 0 Å². The molecular weight excluding hydrogens is 160 g/mol. The van der Waals surface area contributed by atoms with Crippen LogP contribution in [0.5, 0.6) is 0 Å². The van der Waals surface area contributed by atoms with Gasteiger partial charge in [-0.15, -0.1) is 0 Å². The second-order valence-electron chi connectivity index (χ2n) is 3.36. The summed E-state index contributed by atoms with van der Waals surface area (Å²) in [6.07, 6.45) is 0. The van der Waals surface area contributed by atoms with Crippen LogP contribution in [0.4, 0.5) is 0 Å². The highest BCUT2D eigenvalue weighted by Gasteiger charge is 1.96. The molecule has 0 saturated carbocycles. The van der Waals surface area contributed by atoms with Gasteiger partial charge in [-0.1, -0.05) is 49.3 Å². The predicted octanol–water partition coefficient (Wildman–Crippen LogP) is 3.68. The number of hydrogen-bond acceptors (Lipinski definition) is 2. The highest BCUT2D eigenvalue weighted by Crippen LogP contribution is 2.25. The van der Waals surface area contributed by atoms with Crippen molar-refractivity contribution in [3.63, 3.8) is 0 Å². The molecule has 0 aromatic rings. The normalized spacial score (nSPS) is 11.4. The lowest BCUT2D eigenvalue weighted by Crippen LogP contribution is -1.91. The fraction of sp³-hybridized carbons (Fsp3) is 1.00. The van der Waals surface area contributed by atoms with Crippen LogP contribution in [0.25, 0.3) is 0 Å². The number of hydrogen-bond donors (Lipinski definition) is 0. The molecule has 0 saturated heterocycles. The molecule has 0 N–H and O–H groups in total. The highest BCUT2D eigenvalue weighted by atomic mass is 33.1. The second kappa shape index (κ2) is 6.41. The molecule has 0 bridgehead atoms. The Bertz CT molecular complexity index is 59.7. The summed E-state index contributed by atoms with van der Waals surface area (Å²) in [6.45, 7) is 9.07. The van der Waals surface area contributed by atoms with Crippen molar-refractivity contribution < 1.29 is 0 Å². The largest absolute Gasteiger partial charge is 0.0939 e. The molecule has 2 heteroatoms. The van der Waals surface area contributed by atoms with Crippen LogP contribution in [0.1, 0.15) is 27.7 Å². The average Bonchev–Trinajstić information content (AvgIpc) is 1.79. The van der Waals surface area contributed by atoms with Crippen LogP contribution in [0.2, 0.25) is 0 Å². The summed E-state index contributed by atoms with van der Waals surface area (Å²) in [6, 6.07) is 0. The molecule has 0 atom stereocenters. The highest BCUT2D eigenvalue weighted by molar-refractivity contribution is 8.76. The van der Waals surface area contributed by atoms with Crippen LogP contribution in [0, 0.1) is 11.8 Å². The molecule has 0 aliphatic heterocycles. The van der Waals surface area contributed by atoms with Crippen LogP contribution in [0.3, 0.4) is 0 Å². The molecule has 0 aliphatic rings. The minimum absolute atomic E-state index is 0.838. The minimum atomic E-state index is 0.838. The number of rotatable bonds is 5. The van der Waals surface area contributed by atoms with E-state index in [1.165, 1.54) is 11.5 Å². The first-order valence-electron chi connectivity index (χ1n) is 3.87. The minimum Gasteiger partial charge on any atom is -0.0939 e. The quantitative estimate of drug-likeness (QED) is 0.465. The van der Waals surface area contributed by atoms with Crippen LogP contribution in [0.15, 0.2) is 0 Å². The maximum absolute atomic E-state index is 2.27.